The third-order valence-electron chi connectivity index (χ3n) is 6.26. The summed E-state index contributed by atoms with van der Waals surface area (Å²) in [6, 6.07) is 15.9. The van der Waals surface area contributed by atoms with Crippen molar-refractivity contribution in [3.63, 3.8) is 0 Å². The van der Waals surface area contributed by atoms with E-state index in [4.69, 9.17) is 4.74 Å². The maximum atomic E-state index is 12.9. The van der Waals surface area contributed by atoms with Crippen LogP contribution in [-0.2, 0) is 14.3 Å². The summed E-state index contributed by atoms with van der Waals surface area (Å²) in [4.78, 5) is 38.2. The number of rotatable bonds is 12. The van der Waals surface area contributed by atoms with Gasteiger partial charge in [0.05, 0.1) is 0 Å². The van der Waals surface area contributed by atoms with Crippen LogP contribution in [0.1, 0.15) is 63.5 Å². The number of benzene rings is 2. The van der Waals surface area contributed by atoms with Gasteiger partial charge in [-0.3, -0.25) is 9.59 Å². The Morgan fingerprint density at radius 1 is 1.03 bits per heavy atom. The average Bonchev–Trinajstić information content (AvgIpc) is 3.14. The SMILES string of the molecule is CCCC[C@@H](CC(=O)N(CC(=O)O)CC(C)C)NC(=O)OCC1c2ccccc2-c2ccccc21. The number of nitrogens with zero attached hydrogens (tertiary/aromatic N) is 1. The second-order valence-electron chi connectivity index (χ2n) is 9.58. The van der Waals surface area contributed by atoms with Gasteiger partial charge in [-0.1, -0.05) is 82.1 Å². The molecule has 1 aliphatic rings. The molecule has 0 radical (unpaired) electrons. The number of nitrogens with one attached hydrogen (secondary N) is 1. The van der Waals surface area contributed by atoms with Crippen LogP contribution in [0, 0.1) is 5.92 Å². The van der Waals surface area contributed by atoms with Crippen LogP contribution in [0.25, 0.3) is 11.1 Å². The first-order valence-corrected chi connectivity index (χ1v) is 12.4. The van der Waals surface area contributed by atoms with Crippen molar-refractivity contribution >= 4 is 18.0 Å². The number of carboxylic acids is 1. The van der Waals surface area contributed by atoms with Gasteiger partial charge in [0.15, 0.2) is 0 Å². The van der Waals surface area contributed by atoms with Crippen LogP contribution in [-0.4, -0.2) is 53.7 Å². The largest absolute Gasteiger partial charge is 0.480 e. The molecule has 2 amide bonds. The fourth-order valence-electron chi connectivity index (χ4n) is 4.68. The fourth-order valence-corrected chi connectivity index (χ4v) is 4.68. The second-order valence-corrected chi connectivity index (χ2v) is 9.58. The predicted octanol–water partition coefficient (Wildman–Crippen LogP) is 5.04. The number of ether oxygens (including phenoxy) is 1. The Labute approximate surface area is 207 Å². The van der Waals surface area contributed by atoms with E-state index in [1.165, 1.54) is 4.90 Å². The third-order valence-corrected chi connectivity index (χ3v) is 6.26. The lowest BCUT2D eigenvalue weighted by Gasteiger charge is -2.26. The van der Waals surface area contributed by atoms with E-state index in [0.717, 1.165) is 35.1 Å². The molecule has 2 N–H and O–H groups in total. The number of carbonyl (C=O) groups is 3. The molecule has 0 aromatic heterocycles. The molecular weight excluding hydrogens is 444 g/mol. The molecule has 1 atom stereocenters. The van der Waals surface area contributed by atoms with Gasteiger partial charge in [-0.15, -0.1) is 0 Å². The van der Waals surface area contributed by atoms with Gasteiger partial charge in [0.2, 0.25) is 5.91 Å². The van der Waals surface area contributed by atoms with Crippen molar-refractivity contribution in [2.75, 3.05) is 19.7 Å². The van der Waals surface area contributed by atoms with Crippen molar-refractivity contribution in [1.82, 2.24) is 10.2 Å². The number of amides is 2. The van der Waals surface area contributed by atoms with Crippen molar-refractivity contribution in [2.24, 2.45) is 5.92 Å². The van der Waals surface area contributed by atoms with E-state index in [9.17, 15) is 19.5 Å². The van der Waals surface area contributed by atoms with E-state index in [1.54, 1.807) is 0 Å². The van der Waals surface area contributed by atoms with E-state index in [2.05, 4.69) is 29.6 Å². The van der Waals surface area contributed by atoms with Gasteiger partial charge >= 0.3 is 12.1 Å². The van der Waals surface area contributed by atoms with E-state index >= 15 is 0 Å². The lowest BCUT2D eigenvalue weighted by atomic mass is 9.98. The lowest BCUT2D eigenvalue weighted by Crippen LogP contribution is -2.43. The molecule has 0 spiro atoms. The molecule has 3 rings (SSSR count). The summed E-state index contributed by atoms with van der Waals surface area (Å²) in [6.45, 7) is 6.13. The highest BCUT2D eigenvalue weighted by Gasteiger charge is 2.29. The van der Waals surface area contributed by atoms with E-state index in [0.29, 0.717) is 13.0 Å². The smallest absolute Gasteiger partial charge is 0.407 e. The minimum absolute atomic E-state index is 0.0408. The van der Waals surface area contributed by atoms with Gasteiger partial charge in [-0.2, -0.15) is 0 Å². The Morgan fingerprint density at radius 2 is 1.63 bits per heavy atom. The minimum atomic E-state index is -1.05. The third kappa shape index (κ3) is 7.07. The number of aliphatic carboxylic acids is 1. The Morgan fingerprint density at radius 3 is 2.17 bits per heavy atom. The lowest BCUT2D eigenvalue weighted by molar-refractivity contribution is -0.145. The summed E-state index contributed by atoms with van der Waals surface area (Å²) < 4.78 is 5.65. The molecule has 7 heteroatoms. The topological polar surface area (TPSA) is 95.9 Å². The highest BCUT2D eigenvalue weighted by atomic mass is 16.5. The number of fused-ring (bicyclic) bond motifs is 3. The maximum Gasteiger partial charge on any atom is 0.407 e. The Balaban J connectivity index is 1.63. The molecular formula is C28H36N2O5. The molecule has 0 fully saturated rings. The molecule has 2 aromatic carbocycles. The van der Waals surface area contributed by atoms with Crippen LogP contribution >= 0.6 is 0 Å². The molecule has 0 saturated carbocycles. The van der Waals surface area contributed by atoms with E-state index in [1.807, 2.05) is 45.0 Å². The van der Waals surface area contributed by atoms with Gasteiger partial charge in [-0.25, -0.2) is 4.79 Å². The number of hydrogen-bond donors (Lipinski definition) is 2. The molecule has 0 bridgehead atoms. The van der Waals surface area contributed by atoms with Gasteiger partial charge in [0.1, 0.15) is 13.2 Å². The van der Waals surface area contributed by atoms with Crippen LogP contribution in [0.15, 0.2) is 48.5 Å². The number of carboxylic acid groups (broad SMARTS) is 1. The maximum absolute atomic E-state index is 12.9. The van der Waals surface area contributed by atoms with Crippen LogP contribution < -0.4 is 5.32 Å². The van der Waals surface area contributed by atoms with Crippen molar-refractivity contribution < 1.29 is 24.2 Å². The van der Waals surface area contributed by atoms with Crippen molar-refractivity contribution in [2.45, 2.75) is 58.4 Å². The van der Waals surface area contributed by atoms with Crippen molar-refractivity contribution in [3.05, 3.63) is 59.7 Å². The number of hydrogen-bond acceptors (Lipinski definition) is 4. The van der Waals surface area contributed by atoms with Crippen LogP contribution in [0.4, 0.5) is 4.79 Å². The summed E-state index contributed by atoms with van der Waals surface area (Å²) in [5.74, 6) is -1.22. The number of unbranched alkanes of at least 4 members (excludes halogenated alkanes) is 1. The Hall–Kier alpha value is -3.35. The summed E-state index contributed by atoms with van der Waals surface area (Å²) >= 11 is 0. The Bertz CT molecular complexity index is 990. The molecule has 0 saturated heterocycles. The normalized spacial score (nSPS) is 13.1. The summed E-state index contributed by atoms with van der Waals surface area (Å²) in [5.41, 5.74) is 4.59. The molecule has 0 aliphatic heterocycles. The van der Waals surface area contributed by atoms with Gasteiger partial charge in [0, 0.05) is 24.9 Å². The van der Waals surface area contributed by atoms with Gasteiger partial charge in [0.25, 0.3) is 0 Å². The zero-order valence-corrected chi connectivity index (χ0v) is 20.8. The number of alkyl carbamates (subject to hydrolysis) is 1. The summed E-state index contributed by atoms with van der Waals surface area (Å²) in [6.07, 6.45) is 1.86. The monoisotopic (exact) mass is 480 g/mol. The molecule has 2 aromatic rings. The zero-order valence-electron chi connectivity index (χ0n) is 20.8. The molecule has 1 aliphatic carbocycles. The van der Waals surface area contributed by atoms with E-state index in [-0.39, 0.29) is 37.3 Å². The average molecular weight is 481 g/mol. The first-order chi connectivity index (χ1) is 16.8. The van der Waals surface area contributed by atoms with Gasteiger partial charge < -0.3 is 20.1 Å². The molecule has 7 nitrogen and oxygen atoms in total. The minimum Gasteiger partial charge on any atom is -0.480 e. The molecule has 35 heavy (non-hydrogen) atoms. The molecule has 188 valence electrons. The van der Waals surface area contributed by atoms with E-state index < -0.39 is 18.1 Å². The summed E-state index contributed by atoms with van der Waals surface area (Å²) in [5, 5.41) is 12.1. The first-order valence-electron chi connectivity index (χ1n) is 12.4. The predicted molar refractivity (Wildman–Crippen MR) is 135 cm³/mol. The zero-order chi connectivity index (χ0) is 25.4. The number of carbonyl (C=O) groups excluding carboxylic acids is 2. The van der Waals surface area contributed by atoms with Crippen LogP contribution in [0.3, 0.4) is 0 Å². The first kappa shape index (κ1) is 26.3. The van der Waals surface area contributed by atoms with Crippen LogP contribution in [0.2, 0.25) is 0 Å². The highest BCUT2D eigenvalue weighted by Crippen LogP contribution is 2.44. The second kappa shape index (κ2) is 12.4. The summed E-state index contributed by atoms with van der Waals surface area (Å²) in [7, 11) is 0. The standard InChI is InChI=1S/C28H36N2O5/c1-4-5-10-20(15-26(31)30(16-19(2)3)17-27(32)33)29-28(34)35-18-25-23-13-8-6-11-21(23)22-12-7-9-14-24(22)25/h6-9,11-14,19-20,25H,4-5,10,15-18H2,1-3H3,(H,29,34)(H,32,33)/t20-/m0/s1. The van der Waals surface area contributed by atoms with Gasteiger partial charge in [-0.05, 0) is 34.6 Å². The van der Waals surface area contributed by atoms with Crippen molar-refractivity contribution in [1.29, 1.82) is 0 Å². The Kier molecular flexibility index (Phi) is 9.29. The fraction of sp³-hybridized carbons (Fsp3) is 0.464. The highest BCUT2D eigenvalue weighted by molar-refractivity contribution is 5.82. The quantitative estimate of drug-likeness (QED) is 0.444. The van der Waals surface area contributed by atoms with Crippen molar-refractivity contribution in [3.8, 4) is 11.1 Å². The molecule has 0 unspecified atom stereocenters. The molecule has 0 heterocycles. The van der Waals surface area contributed by atoms with Crippen LogP contribution in [0.5, 0.6) is 0 Å².